The molecule has 13 heavy (non-hydrogen) atoms. The average Bonchev–Trinajstić information content (AvgIpc) is 2.16. The molecule has 0 bridgehead atoms. The predicted octanol–water partition coefficient (Wildman–Crippen LogP) is -0.915. The van der Waals surface area contributed by atoms with Gasteiger partial charge in [0.2, 0.25) is 5.91 Å². The Morgan fingerprint density at radius 1 is 1.85 bits per heavy atom. The molecule has 5 nitrogen and oxygen atoms in total. The highest BCUT2D eigenvalue weighted by Crippen LogP contribution is 2.07. The summed E-state index contributed by atoms with van der Waals surface area (Å²) in [5.41, 5.74) is 5.15. The summed E-state index contributed by atoms with van der Waals surface area (Å²) in [6.45, 7) is 3.33. The molecule has 2 N–H and O–H groups in total. The standard InChI is InChI=1S/C8H13N3O2/c1-6(8(10)12)11-2-3-13-7(4-9)5-11/h6-7H,2-3,5H2,1H3,(H2,10,12). The number of morpholine rings is 1. The summed E-state index contributed by atoms with van der Waals surface area (Å²) in [7, 11) is 0. The van der Waals surface area contributed by atoms with Crippen molar-refractivity contribution in [3.05, 3.63) is 0 Å². The molecule has 1 aliphatic rings. The van der Waals surface area contributed by atoms with Crippen molar-refractivity contribution in [2.24, 2.45) is 5.73 Å². The summed E-state index contributed by atoms with van der Waals surface area (Å²) in [6, 6.07) is 1.69. The molecule has 0 aromatic rings. The van der Waals surface area contributed by atoms with Gasteiger partial charge in [0.05, 0.1) is 18.7 Å². The van der Waals surface area contributed by atoms with E-state index in [0.29, 0.717) is 19.7 Å². The quantitative estimate of drug-likeness (QED) is 0.600. The molecule has 5 heteroatoms. The van der Waals surface area contributed by atoms with Gasteiger partial charge in [0.15, 0.2) is 6.10 Å². The van der Waals surface area contributed by atoms with E-state index in [0.717, 1.165) is 0 Å². The molecule has 2 unspecified atom stereocenters. The zero-order valence-corrected chi connectivity index (χ0v) is 7.56. The lowest BCUT2D eigenvalue weighted by atomic mass is 10.2. The van der Waals surface area contributed by atoms with Gasteiger partial charge >= 0.3 is 0 Å². The van der Waals surface area contributed by atoms with Crippen LogP contribution in [0.4, 0.5) is 0 Å². The Morgan fingerprint density at radius 3 is 3.08 bits per heavy atom. The Balaban J connectivity index is 2.52. The molecular formula is C8H13N3O2. The maximum Gasteiger partial charge on any atom is 0.234 e. The molecule has 0 spiro atoms. The molecule has 1 aliphatic heterocycles. The van der Waals surface area contributed by atoms with Gasteiger partial charge < -0.3 is 10.5 Å². The maximum absolute atomic E-state index is 10.9. The molecule has 0 saturated carbocycles. The Bertz CT molecular complexity index is 236. The molecule has 1 fully saturated rings. The number of rotatable bonds is 2. The fourth-order valence-electron chi connectivity index (χ4n) is 1.28. The van der Waals surface area contributed by atoms with Crippen LogP contribution in [0.3, 0.4) is 0 Å². The first-order valence-corrected chi connectivity index (χ1v) is 4.19. The van der Waals surface area contributed by atoms with Crippen molar-refractivity contribution in [3.63, 3.8) is 0 Å². The molecule has 1 heterocycles. The lowest BCUT2D eigenvalue weighted by Gasteiger charge is -2.32. The third-order valence-corrected chi connectivity index (χ3v) is 2.20. The maximum atomic E-state index is 10.9. The molecule has 1 amide bonds. The molecule has 72 valence electrons. The van der Waals surface area contributed by atoms with Crippen molar-refractivity contribution >= 4 is 5.91 Å². The van der Waals surface area contributed by atoms with E-state index in [1.807, 2.05) is 11.0 Å². The van der Waals surface area contributed by atoms with Crippen molar-refractivity contribution < 1.29 is 9.53 Å². The minimum atomic E-state index is -0.435. The van der Waals surface area contributed by atoms with E-state index < -0.39 is 6.10 Å². The highest BCUT2D eigenvalue weighted by atomic mass is 16.5. The number of nitrogens with zero attached hydrogens (tertiary/aromatic N) is 2. The van der Waals surface area contributed by atoms with Crippen LogP contribution >= 0.6 is 0 Å². The van der Waals surface area contributed by atoms with E-state index in [1.54, 1.807) is 6.92 Å². The van der Waals surface area contributed by atoms with Crippen molar-refractivity contribution in [3.8, 4) is 6.07 Å². The number of nitrogens with two attached hydrogens (primary N) is 1. The number of ether oxygens (including phenoxy) is 1. The van der Waals surface area contributed by atoms with E-state index >= 15 is 0 Å². The average molecular weight is 183 g/mol. The minimum absolute atomic E-state index is 0.320. The summed E-state index contributed by atoms with van der Waals surface area (Å²) in [5.74, 6) is -0.362. The zero-order chi connectivity index (χ0) is 9.84. The smallest absolute Gasteiger partial charge is 0.234 e. The van der Waals surface area contributed by atoms with Gasteiger partial charge in [-0.2, -0.15) is 5.26 Å². The number of amides is 1. The van der Waals surface area contributed by atoms with E-state index in [9.17, 15) is 4.79 Å². The van der Waals surface area contributed by atoms with E-state index in [4.69, 9.17) is 15.7 Å². The Kier molecular flexibility index (Phi) is 3.23. The van der Waals surface area contributed by atoms with Gasteiger partial charge in [0.1, 0.15) is 0 Å². The number of hydrogen-bond donors (Lipinski definition) is 1. The summed E-state index contributed by atoms with van der Waals surface area (Å²) < 4.78 is 5.13. The van der Waals surface area contributed by atoms with Crippen molar-refractivity contribution in [1.82, 2.24) is 4.90 Å². The van der Waals surface area contributed by atoms with Gasteiger partial charge in [-0.25, -0.2) is 0 Å². The van der Waals surface area contributed by atoms with Crippen molar-refractivity contribution in [2.45, 2.75) is 19.1 Å². The van der Waals surface area contributed by atoms with Crippen LogP contribution in [0.2, 0.25) is 0 Å². The Hall–Kier alpha value is -1.12. The van der Waals surface area contributed by atoms with Crippen LogP contribution in [-0.2, 0) is 9.53 Å². The third kappa shape index (κ3) is 2.41. The number of hydrogen-bond acceptors (Lipinski definition) is 4. The molecule has 2 atom stereocenters. The van der Waals surface area contributed by atoms with Crippen molar-refractivity contribution in [1.29, 1.82) is 5.26 Å². The second-order valence-electron chi connectivity index (χ2n) is 3.06. The summed E-state index contributed by atoms with van der Waals surface area (Å²) in [4.78, 5) is 12.7. The van der Waals surface area contributed by atoms with Crippen LogP contribution in [0.5, 0.6) is 0 Å². The SMILES string of the molecule is CC(C(N)=O)N1CCOC(C#N)C1. The lowest BCUT2D eigenvalue weighted by molar-refractivity contribution is -0.125. The predicted molar refractivity (Wildman–Crippen MR) is 45.6 cm³/mol. The molecular weight excluding hydrogens is 170 g/mol. The zero-order valence-electron chi connectivity index (χ0n) is 7.56. The molecule has 0 aromatic carbocycles. The number of carbonyl (C=O) groups excluding carboxylic acids is 1. The second-order valence-corrected chi connectivity index (χ2v) is 3.06. The topological polar surface area (TPSA) is 79.3 Å². The highest BCUT2D eigenvalue weighted by Gasteiger charge is 2.26. The van der Waals surface area contributed by atoms with Crippen LogP contribution in [0.25, 0.3) is 0 Å². The number of primary amides is 1. The van der Waals surface area contributed by atoms with Gasteiger partial charge in [0.25, 0.3) is 0 Å². The van der Waals surface area contributed by atoms with E-state index in [-0.39, 0.29) is 11.9 Å². The molecule has 0 radical (unpaired) electrons. The third-order valence-electron chi connectivity index (χ3n) is 2.20. The van der Waals surface area contributed by atoms with Gasteiger partial charge in [-0.1, -0.05) is 0 Å². The lowest BCUT2D eigenvalue weighted by Crippen LogP contribution is -2.50. The second kappa shape index (κ2) is 4.21. The summed E-state index contributed by atoms with van der Waals surface area (Å²) >= 11 is 0. The fourth-order valence-corrected chi connectivity index (χ4v) is 1.28. The fraction of sp³-hybridized carbons (Fsp3) is 0.750. The Morgan fingerprint density at radius 2 is 2.54 bits per heavy atom. The van der Waals surface area contributed by atoms with Gasteiger partial charge in [0, 0.05) is 13.1 Å². The van der Waals surface area contributed by atoms with Gasteiger partial charge in [-0.05, 0) is 6.92 Å². The molecule has 0 aliphatic carbocycles. The van der Waals surface area contributed by atoms with Crippen LogP contribution in [-0.4, -0.2) is 42.6 Å². The van der Waals surface area contributed by atoms with Crippen LogP contribution in [0.1, 0.15) is 6.92 Å². The number of carbonyl (C=O) groups is 1. The first kappa shape index (κ1) is 9.96. The first-order chi connectivity index (χ1) is 6.15. The van der Waals surface area contributed by atoms with Crippen molar-refractivity contribution in [2.75, 3.05) is 19.7 Å². The normalized spacial score (nSPS) is 26.3. The van der Waals surface area contributed by atoms with E-state index in [1.165, 1.54) is 0 Å². The minimum Gasteiger partial charge on any atom is -0.368 e. The van der Waals surface area contributed by atoms with E-state index in [2.05, 4.69) is 0 Å². The molecule has 1 saturated heterocycles. The van der Waals surface area contributed by atoms with Crippen LogP contribution < -0.4 is 5.73 Å². The summed E-state index contributed by atoms with van der Waals surface area (Å²) in [6.07, 6.45) is -0.435. The van der Waals surface area contributed by atoms with Crippen LogP contribution in [0.15, 0.2) is 0 Å². The largest absolute Gasteiger partial charge is 0.368 e. The summed E-state index contributed by atoms with van der Waals surface area (Å²) in [5, 5.41) is 8.61. The van der Waals surface area contributed by atoms with Crippen LogP contribution in [0, 0.1) is 11.3 Å². The van der Waals surface area contributed by atoms with Gasteiger partial charge in [-0.15, -0.1) is 0 Å². The Labute approximate surface area is 77.1 Å². The van der Waals surface area contributed by atoms with Gasteiger partial charge in [-0.3, -0.25) is 9.69 Å². The molecule has 0 aromatic heterocycles. The monoisotopic (exact) mass is 183 g/mol. The highest BCUT2D eigenvalue weighted by molar-refractivity contribution is 5.79. The molecule has 1 rings (SSSR count). The first-order valence-electron chi connectivity index (χ1n) is 4.19. The number of nitriles is 1.